The Morgan fingerprint density at radius 3 is 2.60 bits per heavy atom. The fraction of sp³-hybridized carbons (Fsp3) is 0.654. The Bertz CT molecular complexity index is 936. The number of ketones is 1. The van der Waals surface area contributed by atoms with Gasteiger partial charge in [0.05, 0.1) is 24.0 Å². The molecule has 1 aliphatic rings. The number of esters is 1. The molecule has 9 heteroatoms. The molecule has 1 aliphatic heterocycles. The smallest absolute Gasteiger partial charge is 0.309 e. The van der Waals surface area contributed by atoms with Crippen LogP contribution in [0.1, 0.15) is 78.3 Å². The zero-order valence-electron chi connectivity index (χ0n) is 21.2. The van der Waals surface area contributed by atoms with Crippen molar-refractivity contribution in [2.75, 3.05) is 0 Å². The SMILES string of the molecule is C/C1=C/C[C@@H](/C(F)=C/c2coc(CO)n2)OC(=O)C[C@H](O)C(C)(C)C(=O)[C@H](C)[C@@H](O)[C@@H](C)CCC1. The van der Waals surface area contributed by atoms with E-state index in [9.17, 15) is 19.8 Å². The van der Waals surface area contributed by atoms with Crippen LogP contribution in [0.4, 0.5) is 4.39 Å². The number of cyclic esters (lactones) is 1. The van der Waals surface area contributed by atoms with Gasteiger partial charge >= 0.3 is 5.97 Å². The number of carbonyl (C=O) groups is 2. The Morgan fingerprint density at radius 1 is 1.29 bits per heavy atom. The zero-order valence-corrected chi connectivity index (χ0v) is 21.2. The summed E-state index contributed by atoms with van der Waals surface area (Å²) in [5.74, 6) is -2.81. The number of oxazole rings is 1. The van der Waals surface area contributed by atoms with Crippen molar-refractivity contribution < 1.29 is 38.5 Å². The number of halogens is 1. The van der Waals surface area contributed by atoms with Crippen LogP contribution in [0.25, 0.3) is 6.08 Å². The van der Waals surface area contributed by atoms with Crippen molar-refractivity contribution in [3.8, 4) is 0 Å². The molecule has 35 heavy (non-hydrogen) atoms. The minimum Gasteiger partial charge on any atom is -0.455 e. The molecule has 0 aromatic carbocycles. The van der Waals surface area contributed by atoms with E-state index < -0.39 is 54.5 Å². The van der Waals surface area contributed by atoms with Gasteiger partial charge in [0.2, 0.25) is 5.89 Å². The summed E-state index contributed by atoms with van der Waals surface area (Å²) in [6.07, 6.45) is 2.25. The van der Waals surface area contributed by atoms with E-state index in [1.165, 1.54) is 20.1 Å². The number of rotatable bonds is 3. The highest BCUT2D eigenvalue weighted by molar-refractivity contribution is 5.88. The molecule has 2 rings (SSSR count). The Kier molecular flexibility index (Phi) is 10.4. The van der Waals surface area contributed by atoms with Crippen LogP contribution in [-0.2, 0) is 20.9 Å². The largest absolute Gasteiger partial charge is 0.455 e. The molecule has 196 valence electrons. The van der Waals surface area contributed by atoms with Crippen LogP contribution < -0.4 is 0 Å². The second-order valence-corrected chi connectivity index (χ2v) is 10.1. The summed E-state index contributed by atoms with van der Waals surface area (Å²) in [7, 11) is 0. The summed E-state index contributed by atoms with van der Waals surface area (Å²) in [6.45, 7) is 8.03. The quantitative estimate of drug-likeness (QED) is 0.425. The van der Waals surface area contributed by atoms with Crippen molar-refractivity contribution in [2.24, 2.45) is 17.3 Å². The third-order valence-corrected chi connectivity index (χ3v) is 6.82. The van der Waals surface area contributed by atoms with Gasteiger partial charge in [-0.3, -0.25) is 9.59 Å². The first-order valence-corrected chi connectivity index (χ1v) is 12.0. The van der Waals surface area contributed by atoms with Gasteiger partial charge in [0.1, 0.15) is 30.2 Å². The number of nitrogens with zero attached hydrogens (tertiary/aromatic N) is 1. The number of ether oxygens (including phenoxy) is 1. The number of aromatic nitrogens is 1. The van der Waals surface area contributed by atoms with Crippen molar-refractivity contribution in [2.45, 2.75) is 91.6 Å². The van der Waals surface area contributed by atoms with Gasteiger partial charge in [0.15, 0.2) is 6.10 Å². The first kappa shape index (κ1) is 28.9. The molecule has 1 aromatic rings. The molecule has 5 atom stereocenters. The van der Waals surface area contributed by atoms with Crippen LogP contribution in [-0.4, -0.2) is 50.4 Å². The standard InChI is InChI=1S/C26H38FNO7/c1-15-7-6-8-16(2)24(32)17(3)25(33)26(4,5)21(30)12-23(31)35-20(10-9-15)19(27)11-18-14-34-22(13-29)28-18/h9,11,14,16-17,20-21,24,29-30,32H,6-8,10,12-13H2,1-5H3/b15-9-,19-11-/t16-,17+,20-,21-,24-/m0/s1. The van der Waals surface area contributed by atoms with E-state index in [-0.39, 0.29) is 29.7 Å². The Balaban J connectivity index is 2.33. The molecule has 3 N–H and O–H groups in total. The molecule has 0 fully saturated rings. The van der Waals surface area contributed by atoms with Gasteiger partial charge in [-0.25, -0.2) is 9.37 Å². The highest BCUT2D eigenvalue weighted by atomic mass is 19.1. The van der Waals surface area contributed by atoms with Crippen LogP contribution in [0.5, 0.6) is 0 Å². The van der Waals surface area contributed by atoms with Crippen LogP contribution in [0.15, 0.2) is 28.2 Å². The summed E-state index contributed by atoms with van der Waals surface area (Å²) in [4.78, 5) is 29.7. The topological polar surface area (TPSA) is 130 Å². The molecule has 0 spiro atoms. The molecule has 8 nitrogen and oxygen atoms in total. The van der Waals surface area contributed by atoms with E-state index in [1.807, 2.05) is 13.8 Å². The second kappa shape index (κ2) is 12.6. The number of aliphatic hydroxyl groups is 3. The molecule has 2 heterocycles. The van der Waals surface area contributed by atoms with Crippen LogP contribution >= 0.6 is 0 Å². The number of hydrogen-bond acceptors (Lipinski definition) is 8. The fourth-order valence-corrected chi connectivity index (χ4v) is 4.22. The maximum atomic E-state index is 15.1. The molecular weight excluding hydrogens is 457 g/mol. The first-order chi connectivity index (χ1) is 16.4. The minimum absolute atomic E-state index is 0.0263. The third-order valence-electron chi connectivity index (χ3n) is 6.82. The summed E-state index contributed by atoms with van der Waals surface area (Å²) in [6, 6.07) is 0. The van der Waals surface area contributed by atoms with Crippen LogP contribution in [0.3, 0.4) is 0 Å². The summed E-state index contributed by atoms with van der Waals surface area (Å²) >= 11 is 0. The van der Waals surface area contributed by atoms with E-state index in [4.69, 9.17) is 14.3 Å². The molecular formula is C26H38FNO7. The van der Waals surface area contributed by atoms with Gasteiger partial charge in [0, 0.05) is 18.4 Å². The molecule has 0 amide bonds. The lowest BCUT2D eigenvalue weighted by Gasteiger charge is -2.34. The number of allylic oxidation sites excluding steroid dienone is 1. The van der Waals surface area contributed by atoms with E-state index >= 15 is 4.39 Å². The molecule has 0 aliphatic carbocycles. The van der Waals surface area contributed by atoms with E-state index in [1.54, 1.807) is 13.0 Å². The average Bonchev–Trinajstić information content (AvgIpc) is 3.26. The van der Waals surface area contributed by atoms with Crippen molar-refractivity contribution >= 4 is 17.8 Å². The van der Waals surface area contributed by atoms with Crippen molar-refractivity contribution in [1.82, 2.24) is 4.98 Å². The maximum absolute atomic E-state index is 15.1. The summed E-state index contributed by atoms with van der Waals surface area (Å²) < 4.78 is 25.5. The van der Waals surface area contributed by atoms with E-state index in [0.717, 1.165) is 18.1 Å². The Labute approximate surface area is 205 Å². The van der Waals surface area contributed by atoms with Gasteiger partial charge in [0.25, 0.3) is 0 Å². The molecule has 1 aromatic heterocycles. The number of aliphatic hydroxyl groups excluding tert-OH is 3. The van der Waals surface area contributed by atoms with E-state index in [0.29, 0.717) is 12.8 Å². The number of hydrogen-bond donors (Lipinski definition) is 3. The molecule has 0 unspecified atom stereocenters. The minimum atomic E-state index is -1.38. The lowest BCUT2D eigenvalue weighted by Crippen LogP contribution is -2.45. The molecule has 0 radical (unpaired) electrons. The lowest BCUT2D eigenvalue weighted by molar-refractivity contribution is -0.154. The summed E-state index contributed by atoms with van der Waals surface area (Å²) in [5.41, 5.74) is -0.219. The predicted molar refractivity (Wildman–Crippen MR) is 127 cm³/mol. The highest BCUT2D eigenvalue weighted by Gasteiger charge is 2.42. The van der Waals surface area contributed by atoms with Crippen molar-refractivity contribution in [1.29, 1.82) is 0 Å². The zero-order chi connectivity index (χ0) is 26.3. The van der Waals surface area contributed by atoms with Crippen LogP contribution in [0.2, 0.25) is 0 Å². The Hall–Kier alpha value is -2.36. The number of Topliss-reactive ketones (excluding diaryl/α,β-unsaturated/α-hetero) is 1. The molecule has 0 bridgehead atoms. The van der Waals surface area contributed by atoms with Crippen molar-refractivity contribution in [3.05, 3.63) is 35.3 Å². The van der Waals surface area contributed by atoms with Crippen LogP contribution in [0, 0.1) is 17.3 Å². The van der Waals surface area contributed by atoms with Gasteiger partial charge in [-0.05, 0) is 32.1 Å². The lowest BCUT2D eigenvalue weighted by atomic mass is 9.73. The monoisotopic (exact) mass is 495 g/mol. The third kappa shape index (κ3) is 7.81. The summed E-state index contributed by atoms with van der Waals surface area (Å²) in [5, 5.41) is 30.5. The average molecular weight is 496 g/mol. The highest BCUT2D eigenvalue weighted by Crippen LogP contribution is 2.32. The molecule has 0 saturated heterocycles. The maximum Gasteiger partial charge on any atom is 0.309 e. The van der Waals surface area contributed by atoms with Crippen molar-refractivity contribution in [3.63, 3.8) is 0 Å². The number of carbonyl (C=O) groups excluding carboxylic acids is 2. The van der Waals surface area contributed by atoms with E-state index in [2.05, 4.69) is 4.98 Å². The predicted octanol–water partition coefficient (Wildman–Crippen LogP) is 3.89. The second-order valence-electron chi connectivity index (χ2n) is 10.1. The van der Waals surface area contributed by atoms with Gasteiger partial charge in [-0.2, -0.15) is 0 Å². The molecule has 0 saturated carbocycles. The van der Waals surface area contributed by atoms with Gasteiger partial charge < -0.3 is 24.5 Å². The Morgan fingerprint density at radius 2 is 1.97 bits per heavy atom. The van der Waals surface area contributed by atoms with Gasteiger partial charge in [-0.1, -0.05) is 39.3 Å². The van der Waals surface area contributed by atoms with Gasteiger partial charge in [-0.15, -0.1) is 0 Å². The fourth-order valence-electron chi connectivity index (χ4n) is 4.22. The first-order valence-electron chi connectivity index (χ1n) is 12.0. The normalized spacial score (nSPS) is 31.5.